The summed E-state index contributed by atoms with van der Waals surface area (Å²) in [5.74, 6) is -3.82. The second-order valence-electron chi connectivity index (χ2n) is 17.6. The predicted molar refractivity (Wildman–Crippen MR) is 180 cm³/mol. The third-order valence-corrected chi connectivity index (χ3v) is 13.7. The van der Waals surface area contributed by atoms with Crippen molar-refractivity contribution in [1.29, 1.82) is 0 Å². The lowest BCUT2D eigenvalue weighted by Gasteiger charge is -2.63. The van der Waals surface area contributed by atoms with Gasteiger partial charge in [0.2, 0.25) is 12.1 Å². The van der Waals surface area contributed by atoms with Gasteiger partial charge in [0.25, 0.3) is 0 Å². The van der Waals surface area contributed by atoms with Crippen molar-refractivity contribution in [2.45, 2.75) is 142 Å². The fourth-order valence-corrected chi connectivity index (χ4v) is 10.6. The van der Waals surface area contributed by atoms with E-state index in [4.69, 9.17) is 14.2 Å². The van der Waals surface area contributed by atoms with Crippen LogP contribution in [0.5, 0.6) is 0 Å². The molecule has 0 spiro atoms. The highest BCUT2D eigenvalue weighted by atomic mass is 16.7. The molecule has 0 aromatic carbocycles. The van der Waals surface area contributed by atoms with Gasteiger partial charge in [0.1, 0.15) is 41.4 Å². The Hall–Kier alpha value is -2.52. The van der Waals surface area contributed by atoms with Crippen LogP contribution < -0.4 is 0 Å². The summed E-state index contributed by atoms with van der Waals surface area (Å²) in [6.45, 7) is 14.5. The highest BCUT2D eigenvalue weighted by Gasteiger charge is 2.74. The number of carbonyl (C=O) groups is 4. The third kappa shape index (κ3) is 5.95. The summed E-state index contributed by atoms with van der Waals surface area (Å²) in [5, 5.41) is 64.7. The van der Waals surface area contributed by atoms with E-state index in [2.05, 4.69) is 0 Å². The molecular weight excluding hydrogens is 664 g/mol. The normalized spacial score (nSPS) is 43.2. The molecule has 4 aliphatic carbocycles. The Morgan fingerprint density at radius 1 is 0.980 bits per heavy atom. The number of hydrogen-bond donors (Lipinski definition) is 6. The second-order valence-corrected chi connectivity index (χ2v) is 17.6. The van der Waals surface area contributed by atoms with Crippen molar-refractivity contribution >= 4 is 23.3 Å². The van der Waals surface area contributed by atoms with Crippen molar-refractivity contribution in [3.8, 4) is 0 Å². The summed E-state index contributed by atoms with van der Waals surface area (Å²) in [4.78, 5) is 54.0. The minimum Gasteiger partial charge on any atom is -0.460 e. The van der Waals surface area contributed by atoms with E-state index < -0.39 is 112 Å². The molecule has 0 bridgehead atoms. The number of esters is 1. The average molecular weight is 721 g/mol. The molecular formula is C38H56O13. The number of aliphatic hydroxyl groups excluding tert-OH is 5. The molecule has 51 heavy (non-hydrogen) atoms. The Bertz CT molecular complexity index is 1520. The number of ketones is 3. The first-order valence-electron chi connectivity index (χ1n) is 17.9. The fourth-order valence-electron chi connectivity index (χ4n) is 10.6. The van der Waals surface area contributed by atoms with E-state index in [1.165, 1.54) is 13.8 Å². The van der Waals surface area contributed by atoms with Crippen LogP contribution in [0.25, 0.3) is 0 Å². The van der Waals surface area contributed by atoms with Gasteiger partial charge in [-0.3, -0.25) is 19.2 Å². The number of aliphatic hydroxyl groups is 6. The standard InChI is InChI=1S/C38H56O13/c1-18(40)51-33(2,3)13-12-25(42)38(9,48)30-21(41)15-35(6)24-11-10-19-20(37(24,8)26(43)16-36(30,35)7)14-22(31(47)34(19,4)5)49-32-29(46)28(45)27(44)23(17-39)50-32/h10,14,20-21,23-24,27-30,32,39,41,44-46,48H,11-13,15-17H2,1-9H3. The van der Waals surface area contributed by atoms with Gasteiger partial charge in [-0.05, 0) is 76.7 Å². The maximum absolute atomic E-state index is 14.8. The molecule has 2 saturated carbocycles. The molecule has 13 atom stereocenters. The third-order valence-electron chi connectivity index (χ3n) is 13.7. The van der Waals surface area contributed by atoms with Crippen LogP contribution in [-0.2, 0) is 33.4 Å². The number of carbonyl (C=O) groups excluding carboxylic acids is 4. The monoisotopic (exact) mass is 720 g/mol. The number of rotatable bonds is 9. The van der Waals surface area contributed by atoms with Crippen molar-refractivity contribution in [3.05, 3.63) is 23.5 Å². The van der Waals surface area contributed by atoms with E-state index in [-0.39, 0.29) is 37.2 Å². The van der Waals surface area contributed by atoms with Gasteiger partial charge in [-0.15, -0.1) is 0 Å². The summed E-state index contributed by atoms with van der Waals surface area (Å²) >= 11 is 0. The van der Waals surface area contributed by atoms with Crippen LogP contribution in [0.4, 0.5) is 0 Å². The summed E-state index contributed by atoms with van der Waals surface area (Å²) in [6, 6.07) is 0. The Labute approximate surface area is 299 Å². The van der Waals surface area contributed by atoms with E-state index in [1.54, 1.807) is 33.8 Å². The number of ether oxygens (including phenoxy) is 3. The van der Waals surface area contributed by atoms with E-state index in [0.29, 0.717) is 6.42 Å². The molecule has 1 saturated heterocycles. The lowest BCUT2D eigenvalue weighted by molar-refractivity contribution is -0.291. The second kappa shape index (κ2) is 12.8. The zero-order valence-electron chi connectivity index (χ0n) is 31.1. The summed E-state index contributed by atoms with van der Waals surface area (Å²) in [6.07, 6.45) is -4.93. The molecule has 0 radical (unpaired) electrons. The smallest absolute Gasteiger partial charge is 0.303 e. The van der Waals surface area contributed by atoms with Gasteiger partial charge in [0.15, 0.2) is 11.5 Å². The first kappa shape index (κ1) is 39.7. The molecule has 286 valence electrons. The fraction of sp³-hybridized carbons (Fsp3) is 0.789. The Balaban J connectivity index is 1.50. The first-order chi connectivity index (χ1) is 23.3. The summed E-state index contributed by atoms with van der Waals surface area (Å²) < 4.78 is 16.8. The van der Waals surface area contributed by atoms with Crippen LogP contribution in [0.1, 0.15) is 94.4 Å². The molecule has 0 aromatic rings. The van der Waals surface area contributed by atoms with Crippen LogP contribution in [0, 0.1) is 39.4 Å². The number of allylic oxidation sites excluding steroid dienone is 4. The minimum atomic E-state index is -2.01. The van der Waals surface area contributed by atoms with Crippen LogP contribution >= 0.6 is 0 Å². The SMILES string of the molecule is CC(=O)OC(C)(C)CCC(=O)C(C)(O)C1C(O)CC2(C)C3CC=C4C(C=C(OC5OC(CO)C(O)C(O)C5O)C(=O)C4(C)C)C3(C)C(=O)CC12C. The molecule has 13 nitrogen and oxygen atoms in total. The highest BCUT2D eigenvalue weighted by Crippen LogP contribution is 2.74. The molecule has 0 aromatic heterocycles. The maximum atomic E-state index is 14.8. The largest absolute Gasteiger partial charge is 0.460 e. The lowest BCUT2D eigenvalue weighted by atomic mass is 9.39. The van der Waals surface area contributed by atoms with Crippen molar-refractivity contribution in [1.82, 2.24) is 0 Å². The maximum Gasteiger partial charge on any atom is 0.303 e. The first-order valence-corrected chi connectivity index (χ1v) is 17.9. The zero-order chi connectivity index (χ0) is 38.4. The van der Waals surface area contributed by atoms with Crippen LogP contribution in [-0.4, -0.2) is 109 Å². The topological polar surface area (TPSA) is 217 Å². The Morgan fingerprint density at radius 3 is 2.20 bits per heavy atom. The van der Waals surface area contributed by atoms with Gasteiger partial charge in [0.05, 0.1) is 18.1 Å². The predicted octanol–water partition coefficient (Wildman–Crippen LogP) is 1.67. The molecule has 1 heterocycles. The summed E-state index contributed by atoms with van der Waals surface area (Å²) in [5.41, 5.74) is -6.27. The quantitative estimate of drug-likeness (QED) is 0.148. The number of Topliss-reactive ketones (excluding diaryl/α,β-unsaturated/α-hetero) is 3. The van der Waals surface area contributed by atoms with Gasteiger partial charge < -0.3 is 44.8 Å². The minimum absolute atomic E-state index is 0.0600. The molecule has 3 fully saturated rings. The lowest BCUT2D eigenvalue weighted by Crippen LogP contribution is -2.64. The molecule has 5 aliphatic rings. The van der Waals surface area contributed by atoms with Gasteiger partial charge in [-0.25, -0.2) is 0 Å². The summed E-state index contributed by atoms with van der Waals surface area (Å²) in [7, 11) is 0. The van der Waals surface area contributed by atoms with Gasteiger partial charge >= 0.3 is 5.97 Å². The zero-order valence-corrected chi connectivity index (χ0v) is 31.1. The van der Waals surface area contributed by atoms with Crippen molar-refractivity contribution in [2.24, 2.45) is 39.4 Å². The van der Waals surface area contributed by atoms with E-state index in [0.717, 1.165) is 5.57 Å². The van der Waals surface area contributed by atoms with Gasteiger partial charge in [-0.1, -0.05) is 32.4 Å². The van der Waals surface area contributed by atoms with Crippen molar-refractivity contribution in [2.75, 3.05) is 6.61 Å². The highest BCUT2D eigenvalue weighted by molar-refractivity contribution is 6.02. The van der Waals surface area contributed by atoms with Crippen LogP contribution in [0.2, 0.25) is 0 Å². The number of fused-ring (bicyclic) bond motifs is 5. The van der Waals surface area contributed by atoms with Crippen molar-refractivity contribution < 1.29 is 64.0 Å². The van der Waals surface area contributed by atoms with Gasteiger partial charge in [-0.2, -0.15) is 0 Å². The molecule has 6 N–H and O–H groups in total. The molecule has 5 rings (SSSR count). The van der Waals surface area contributed by atoms with Gasteiger partial charge in [0, 0.05) is 37.0 Å². The van der Waals surface area contributed by atoms with Crippen LogP contribution in [0.15, 0.2) is 23.5 Å². The van der Waals surface area contributed by atoms with E-state index in [9.17, 15) is 49.8 Å². The average Bonchev–Trinajstić information content (AvgIpc) is 3.22. The molecule has 13 unspecified atom stereocenters. The molecule has 13 heteroatoms. The molecule has 1 aliphatic heterocycles. The Morgan fingerprint density at radius 2 is 1.61 bits per heavy atom. The Kier molecular flexibility index (Phi) is 9.97. The number of hydrogen-bond acceptors (Lipinski definition) is 13. The van der Waals surface area contributed by atoms with Crippen LogP contribution in [0.3, 0.4) is 0 Å². The van der Waals surface area contributed by atoms with Crippen molar-refractivity contribution in [3.63, 3.8) is 0 Å². The van der Waals surface area contributed by atoms with E-state index in [1.807, 2.05) is 26.8 Å². The molecule has 0 amide bonds. The van der Waals surface area contributed by atoms with E-state index >= 15 is 0 Å².